The molecule has 0 aromatic carbocycles. The highest BCUT2D eigenvalue weighted by molar-refractivity contribution is 5.94. The molecule has 1 aliphatic rings. The molecule has 0 saturated carbocycles. The van der Waals surface area contributed by atoms with E-state index in [4.69, 9.17) is 5.73 Å². The van der Waals surface area contributed by atoms with E-state index in [1.165, 1.54) is 0 Å². The maximum atomic E-state index is 12.4. The van der Waals surface area contributed by atoms with Gasteiger partial charge in [0.25, 0.3) is 5.91 Å². The van der Waals surface area contributed by atoms with Crippen molar-refractivity contribution in [1.29, 1.82) is 0 Å². The van der Waals surface area contributed by atoms with Crippen LogP contribution in [0.25, 0.3) is 0 Å². The molecule has 2 N–H and O–H groups in total. The topological polar surface area (TPSA) is 75.3 Å². The van der Waals surface area contributed by atoms with Crippen LogP contribution in [-0.4, -0.2) is 47.0 Å². The van der Waals surface area contributed by atoms with Crippen molar-refractivity contribution < 1.29 is 4.79 Å². The van der Waals surface area contributed by atoms with Crippen LogP contribution in [0, 0.1) is 0 Å². The van der Waals surface area contributed by atoms with E-state index in [0.29, 0.717) is 24.3 Å². The number of aromatic nitrogens is 2. The third-order valence-electron chi connectivity index (χ3n) is 3.66. The first kappa shape index (κ1) is 13.4. The molecule has 0 aliphatic carbocycles. The molecule has 0 spiro atoms. The lowest BCUT2D eigenvalue weighted by molar-refractivity contribution is 0.0746. The molecule has 1 saturated heterocycles. The van der Waals surface area contributed by atoms with Crippen molar-refractivity contribution in [2.45, 2.75) is 0 Å². The molecular weight excluding hydrogens is 266 g/mol. The summed E-state index contributed by atoms with van der Waals surface area (Å²) in [7, 11) is 0. The quantitative estimate of drug-likeness (QED) is 0.890. The largest absolute Gasteiger partial charge is 0.396 e. The van der Waals surface area contributed by atoms with Crippen LogP contribution in [0.2, 0.25) is 0 Å². The van der Waals surface area contributed by atoms with Gasteiger partial charge in [0.2, 0.25) is 0 Å². The van der Waals surface area contributed by atoms with E-state index in [1.807, 2.05) is 11.0 Å². The zero-order chi connectivity index (χ0) is 14.7. The predicted octanol–water partition coefficient (Wildman–Crippen LogP) is 1.02. The smallest absolute Gasteiger partial charge is 0.254 e. The number of pyridine rings is 2. The molecule has 0 unspecified atom stereocenters. The molecule has 1 aliphatic heterocycles. The summed E-state index contributed by atoms with van der Waals surface area (Å²) in [6, 6.07) is 5.40. The zero-order valence-electron chi connectivity index (χ0n) is 11.6. The lowest BCUT2D eigenvalue weighted by atomic mass is 10.2. The average Bonchev–Trinajstić information content (AvgIpc) is 2.56. The number of piperazine rings is 1. The van der Waals surface area contributed by atoms with Gasteiger partial charge in [0.05, 0.1) is 17.6 Å². The molecule has 6 heteroatoms. The van der Waals surface area contributed by atoms with Crippen LogP contribution in [0.4, 0.5) is 11.4 Å². The van der Waals surface area contributed by atoms with Gasteiger partial charge in [-0.05, 0) is 18.2 Å². The van der Waals surface area contributed by atoms with Crippen LogP contribution in [0.5, 0.6) is 0 Å². The van der Waals surface area contributed by atoms with Crippen molar-refractivity contribution in [3.05, 3.63) is 48.5 Å². The third kappa shape index (κ3) is 2.79. The molecule has 2 aromatic rings. The average molecular weight is 283 g/mol. The molecule has 3 heterocycles. The Hall–Kier alpha value is -2.63. The molecule has 6 nitrogen and oxygen atoms in total. The number of hydrogen-bond donors (Lipinski definition) is 1. The van der Waals surface area contributed by atoms with Crippen LogP contribution < -0.4 is 10.6 Å². The Bertz CT molecular complexity index is 623. The number of nitrogens with two attached hydrogens (primary N) is 1. The Balaban J connectivity index is 1.66. The number of hydrogen-bond acceptors (Lipinski definition) is 5. The first-order valence-corrected chi connectivity index (χ1v) is 6.89. The summed E-state index contributed by atoms with van der Waals surface area (Å²) in [6.07, 6.45) is 6.67. The monoisotopic (exact) mass is 283 g/mol. The van der Waals surface area contributed by atoms with Gasteiger partial charge in [0.15, 0.2) is 0 Å². The molecule has 0 atom stereocenters. The summed E-state index contributed by atoms with van der Waals surface area (Å²) in [5.41, 5.74) is 8.29. The van der Waals surface area contributed by atoms with Crippen molar-refractivity contribution in [3.8, 4) is 0 Å². The second-order valence-electron chi connectivity index (χ2n) is 4.95. The predicted molar refractivity (Wildman–Crippen MR) is 81.0 cm³/mol. The highest BCUT2D eigenvalue weighted by Gasteiger charge is 2.22. The zero-order valence-corrected chi connectivity index (χ0v) is 11.6. The van der Waals surface area contributed by atoms with Crippen LogP contribution in [0.3, 0.4) is 0 Å². The molecule has 2 aromatic heterocycles. The Morgan fingerprint density at radius 1 is 1.00 bits per heavy atom. The summed E-state index contributed by atoms with van der Waals surface area (Å²) >= 11 is 0. The molecule has 108 valence electrons. The molecule has 0 radical (unpaired) electrons. The highest BCUT2D eigenvalue weighted by Crippen LogP contribution is 2.22. The summed E-state index contributed by atoms with van der Waals surface area (Å²) in [6.45, 7) is 2.90. The number of carbonyl (C=O) groups excluding carboxylic acids is 1. The Morgan fingerprint density at radius 2 is 1.67 bits per heavy atom. The van der Waals surface area contributed by atoms with Crippen molar-refractivity contribution in [1.82, 2.24) is 14.9 Å². The second kappa shape index (κ2) is 5.78. The van der Waals surface area contributed by atoms with Crippen LogP contribution in [0.1, 0.15) is 10.4 Å². The maximum Gasteiger partial charge on any atom is 0.254 e. The van der Waals surface area contributed by atoms with Gasteiger partial charge in [-0.3, -0.25) is 14.8 Å². The second-order valence-corrected chi connectivity index (χ2v) is 4.95. The van der Waals surface area contributed by atoms with E-state index < -0.39 is 0 Å². The number of nitrogen functional groups attached to an aromatic ring is 1. The standard InChI is InChI=1S/C15H17N5O/c16-13-11-18-6-3-14(13)19-7-9-20(10-8-19)15(21)12-1-4-17-5-2-12/h1-6,11H,7-10,16H2. The minimum Gasteiger partial charge on any atom is -0.396 e. The summed E-state index contributed by atoms with van der Waals surface area (Å²) in [4.78, 5) is 24.3. The van der Waals surface area contributed by atoms with Gasteiger partial charge in [-0.2, -0.15) is 0 Å². The number of carbonyl (C=O) groups is 1. The molecule has 3 rings (SSSR count). The molecule has 21 heavy (non-hydrogen) atoms. The van der Waals surface area contributed by atoms with E-state index >= 15 is 0 Å². The van der Waals surface area contributed by atoms with E-state index in [-0.39, 0.29) is 5.91 Å². The maximum absolute atomic E-state index is 12.4. The SMILES string of the molecule is Nc1cnccc1N1CCN(C(=O)c2ccncc2)CC1. The normalized spacial score (nSPS) is 15.0. The number of anilines is 2. The van der Waals surface area contributed by atoms with Crippen molar-refractivity contribution in [3.63, 3.8) is 0 Å². The van der Waals surface area contributed by atoms with Crippen LogP contribution >= 0.6 is 0 Å². The van der Waals surface area contributed by atoms with Gasteiger partial charge >= 0.3 is 0 Å². The minimum atomic E-state index is 0.0553. The van der Waals surface area contributed by atoms with E-state index in [9.17, 15) is 4.79 Å². The van der Waals surface area contributed by atoms with Crippen LogP contribution in [-0.2, 0) is 0 Å². The summed E-state index contributed by atoms with van der Waals surface area (Å²) in [5, 5.41) is 0. The fourth-order valence-corrected chi connectivity index (χ4v) is 2.51. The first-order valence-electron chi connectivity index (χ1n) is 6.89. The van der Waals surface area contributed by atoms with E-state index in [2.05, 4.69) is 14.9 Å². The number of amides is 1. The minimum absolute atomic E-state index is 0.0553. The molecular formula is C15H17N5O. The van der Waals surface area contributed by atoms with Crippen molar-refractivity contribution in [2.75, 3.05) is 36.8 Å². The van der Waals surface area contributed by atoms with Crippen molar-refractivity contribution in [2.24, 2.45) is 0 Å². The molecule has 1 amide bonds. The first-order chi connectivity index (χ1) is 10.3. The van der Waals surface area contributed by atoms with Gasteiger partial charge in [0.1, 0.15) is 0 Å². The highest BCUT2D eigenvalue weighted by atomic mass is 16.2. The van der Waals surface area contributed by atoms with E-state index in [0.717, 1.165) is 18.8 Å². The Kier molecular flexibility index (Phi) is 3.68. The molecule has 1 fully saturated rings. The third-order valence-corrected chi connectivity index (χ3v) is 3.66. The number of rotatable bonds is 2. The van der Waals surface area contributed by atoms with Gasteiger partial charge in [-0.25, -0.2) is 0 Å². The van der Waals surface area contributed by atoms with Gasteiger partial charge in [-0.1, -0.05) is 0 Å². The van der Waals surface area contributed by atoms with E-state index in [1.54, 1.807) is 36.9 Å². The fraction of sp³-hybridized carbons (Fsp3) is 0.267. The number of nitrogens with zero attached hydrogens (tertiary/aromatic N) is 4. The van der Waals surface area contributed by atoms with Gasteiger partial charge in [-0.15, -0.1) is 0 Å². The lowest BCUT2D eigenvalue weighted by Gasteiger charge is -2.36. The summed E-state index contributed by atoms with van der Waals surface area (Å²) < 4.78 is 0. The van der Waals surface area contributed by atoms with Gasteiger partial charge in [0, 0.05) is 50.3 Å². The fourth-order valence-electron chi connectivity index (χ4n) is 2.51. The van der Waals surface area contributed by atoms with Crippen molar-refractivity contribution >= 4 is 17.3 Å². The lowest BCUT2D eigenvalue weighted by Crippen LogP contribution is -2.49. The van der Waals surface area contributed by atoms with Crippen LogP contribution in [0.15, 0.2) is 43.0 Å². The molecule has 0 bridgehead atoms. The Labute approximate surface area is 123 Å². The Morgan fingerprint density at radius 3 is 2.33 bits per heavy atom. The summed E-state index contributed by atoms with van der Waals surface area (Å²) in [5.74, 6) is 0.0553. The van der Waals surface area contributed by atoms with Gasteiger partial charge < -0.3 is 15.5 Å².